The second kappa shape index (κ2) is 8.91. The number of hydrogen-bond acceptors (Lipinski definition) is 3. The molecule has 1 aromatic carbocycles. The fourth-order valence-corrected chi connectivity index (χ4v) is 2.39. The summed E-state index contributed by atoms with van der Waals surface area (Å²) in [5.74, 6) is 1.74. The summed E-state index contributed by atoms with van der Waals surface area (Å²) < 4.78 is 5.20. The van der Waals surface area contributed by atoms with Crippen molar-refractivity contribution in [3.8, 4) is 5.75 Å². The molecular weight excluding hydrogens is 300 g/mol. The molecule has 1 heterocycles. The lowest BCUT2D eigenvalue weighted by atomic mass is 10.2. The first-order valence-electron chi connectivity index (χ1n) is 8.17. The minimum absolute atomic E-state index is 0.566. The van der Waals surface area contributed by atoms with Gasteiger partial charge in [0.25, 0.3) is 0 Å². The molecule has 0 amide bonds. The Morgan fingerprint density at radius 1 is 1.21 bits per heavy atom. The summed E-state index contributed by atoms with van der Waals surface area (Å²) in [5.41, 5.74) is 3.19. The van der Waals surface area contributed by atoms with Gasteiger partial charge >= 0.3 is 0 Å². The maximum Gasteiger partial charge on any atom is 0.194 e. The van der Waals surface area contributed by atoms with Crippen LogP contribution in [0.15, 0.2) is 47.5 Å². The summed E-state index contributed by atoms with van der Waals surface area (Å²) in [5, 5.41) is 3.33. The molecule has 2 rings (SSSR count). The van der Waals surface area contributed by atoms with Crippen LogP contribution in [0.2, 0.25) is 0 Å². The summed E-state index contributed by atoms with van der Waals surface area (Å²) in [4.78, 5) is 11.3. The maximum absolute atomic E-state index is 5.20. The molecule has 0 radical (unpaired) electrons. The molecule has 0 bridgehead atoms. The number of nitrogens with one attached hydrogen (secondary N) is 1. The molecule has 0 atom stereocenters. The second-order valence-electron chi connectivity index (χ2n) is 5.64. The van der Waals surface area contributed by atoms with Gasteiger partial charge in [0.05, 0.1) is 19.3 Å². The fraction of sp³-hybridized carbons (Fsp3) is 0.368. The number of methoxy groups -OCH3 is 1. The van der Waals surface area contributed by atoms with Crippen LogP contribution in [0.25, 0.3) is 0 Å². The highest BCUT2D eigenvalue weighted by molar-refractivity contribution is 5.79. The molecule has 0 saturated carbocycles. The molecule has 1 aromatic heterocycles. The van der Waals surface area contributed by atoms with Crippen molar-refractivity contribution in [1.82, 2.24) is 15.2 Å². The van der Waals surface area contributed by atoms with Gasteiger partial charge in [-0.1, -0.05) is 18.2 Å². The van der Waals surface area contributed by atoms with E-state index in [9.17, 15) is 0 Å². The van der Waals surface area contributed by atoms with E-state index in [2.05, 4.69) is 34.3 Å². The summed E-state index contributed by atoms with van der Waals surface area (Å²) in [6.07, 6.45) is 0. The average Bonchev–Trinajstić information content (AvgIpc) is 2.59. The molecule has 0 fully saturated rings. The number of aliphatic imine (C=N–C) groups is 1. The number of hydrogen-bond donors (Lipinski definition) is 1. The van der Waals surface area contributed by atoms with Crippen LogP contribution in [-0.2, 0) is 13.1 Å². The first-order chi connectivity index (χ1) is 11.6. The van der Waals surface area contributed by atoms with Gasteiger partial charge in [0.15, 0.2) is 5.96 Å². The zero-order chi connectivity index (χ0) is 17.4. The van der Waals surface area contributed by atoms with Gasteiger partial charge in [0.1, 0.15) is 5.75 Å². The van der Waals surface area contributed by atoms with Crippen LogP contribution in [-0.4, -0.2) is 36.5 Å². The minimum Gasteiger partial charge on any atom is -0.497 e. The van der Waals surface area contributed by atoms with E-state index in [1.54, 1.807) is 7.11 Å². The van der Waals surface area contributed by atoms with Crippen molar-refractivity contribution in [3.63, 3.8) is 0 Å². The van der Waals surface area contributed by atoms with Crippen molar-refractivity contribution in [3.05, 3.63) is 59.4 Å². The van der Waals surface area contributed by atoms with E-state index < -0.39 is 0 Å². The van der Waals surface area contributed by atoms with Crippen molar-refractivity contribution >= 4 is 5.96 Å². The highest BCUT2D eigenvalue weighted by Crippen LogP contribution is 2.12. The van der Waals surface area contributed by atoms with E-state index >= 15 is 0 Å². The van der Waals surface area contributed by atoms with Crippen LogP contribution in [0.1, 0.15) is 23.9 Å². The van der Waals surface area contributed by atoms with Crippen molar-refractivity contribution in [2.75, 3.05) is 20.7 Å². The van der Waals surface area contributed by atoms with Gasteiger partial charge in [-0.25, -0.2) is 4.99 Å². The van der Waals surface area contributed by atoms with Gasteiger partial charge < -0.3 is 15.0 Å². The Kier molecular flexibility index (Phi) is 6.61. The molecule has 0 aliphatic heterocycles. The molecule has 128 valence electrons. The van der Waals surface area contributed by atoms with E-state index in [0.717, 1.165) is 36.2 Å². The van der Waals surface area contributed by atoms with Crippen molar-refractivity contribution in [2.45, 2.75) is 26.9 Å². The smallest absolute Gasteiger partial charge is 0.194 e. The van der Waals surface area contributed by atoms with Crippen LogP contribution < -0.4 is 10.1 Å². The molecular formula is C19H26N4O. The molecule has 24 heavy (non-hydrogen) atoms. The lowest BCUT2D eigenvalue weighted by molar-refractivity contribution is 0.414. The van der Waals surface area contributed by atoms with Gasteiger partial charge in [-0.2, -0.15) is 0 Å². The van der Waals surface area contributed by atoms with Gasteiger partial charge in [0, 0.05) is 25.8 Å². The highest BCUT2D eigenvalue weighted by atomic mass is 16.5. The molecule has 1 N–H and O–H groups in total. The summed E-state index contributed by atoms with van der Waals surface area (Å²) in [6, 6.07) is 14.1. The third-order valence-electron chi connectivity index (χ3n) is 3.61. The van der Waals surface area contributed by atoms with Gasteiger partial charge in [0.2, 0.25) is 0 Å². The third-order valence-corrected chi connectivity index (χ3v) is 3.61. The zero-order valence-corrected chi connectivity index (χ0v) is 14.9. The molecule has 5 heteroatoms. The normalized spacial score (nSPS) is 11.2. The van der Waals surface area contributed by atoms with E-state index in [4.69, 9.17) is 9.73 Å². The summed E-state index contributed by atoms with van der Waals surface area (Å²) >= 11 is 0. The Labute approximate surface area is 144 Å². The average molecular weight is 326 g/mol. The monoisotopic (exact) mass is 326 g/mol. The van der Waals surface area contributed by atoms with E-state index in [0.29, 0.717) is 6.54 Å². The number of pyridine rings is 1. The first kappa shape index (κ1) is 17.8. The number of aryl methyl sites for hydroxylation is 1. The lowest BCUT2D eigenvalue weighted by Gasteiger charge is -2.22. The Morgan fingerprint density at radius 2 is 1.96 bits per heavy atom. The SMILES string of the molecule is CCNC(=NCc1cccc(C)n1)N(C)Cc1ccc(OC)cc1. The Morgan fingerprint density at radius 3 is 2.58 bits per heavy atom. The number of rotatable bonds is 6. The lowest BCUT2D eigenvalue weighted by Crippen LogP contribution is -2.38. The molecule has 0 unspecified atom stereocenters. The molecule has 0 saturated heterocycles. The molecule has 0 aliphatic carbocycles. The second-order valence-corrected chi connectivity index (χ2v) is 5.64. The largest absolute Gasteiger partial charge is 0.497 e. The Hall–Kier alpha value is -2.56. The van der Waals surface area contributed by atoms with Gasteiger partial charge in [-0.3, -0.25) is 4.98 Å². The summed E-state index contributed by atoms with van der Waals surface area (Å²) in [6.45, 7) is 6.23. The van der Waals surface area contributed by atoms with E-state index in [-0.39, 0.29) is 0 Å². The molecule has 0 aliphatic rings. The van der Waals surface area contributed by atoms with Crippen LogP contribution in [0, 0.1) is 6.92 Å². The van der Waals surface area contributed by atoms with Crippen LogP contribution in [0.3, 0.4) is 0 Å². The van der Waals surface area contributed by atoms with Crippen molar-refractivity contribution < 1.29 is 4.74 Å². The standard InChI is InChI=1S/C19H26N4O/c1-5-20-19(21-13-17-8-6-7-15(2)22-17)23(3)14-16-9-11-18(24-4)12-10-16/h6-12H,5,13-14H2,1-4H3,(H,20,21). The third kappa shape index (κ3) is 5.26. The first-order valence-corrected chi connectivity index (χ1v) is 8.17. The number of ether oxygens (including phenoxy) is 1. The Bertz CT molecular complexity index is 667. The van der Waals surface area contributed by atoms with Crippen molar-refractivity contribution in [1.29, 1.82) is 0 Å². The molecule has 0 spiro atoms. The number of aromatic nitrogens is 1. The van der Waals surface area contributed by atoms with Gasteiger partial charge in [-0.15, -0.1) is 0 Å². The van der Waals surface area contributed by atoms with Crippen LogP contribution in [0.4, 0.5) is 0 Å². The fourth-order valence-electron chi connectivity index (χ4n) is 2.39. The van der Waals surface area contributed by atoms with Crippen molar-refractivity contribution in [2.24, 2.45) is 4.99 Å². The predicted molar refractivity (Wildman–Crippen MR) is 98.3 cm³/mol. The minimum atomic E-state index is 0.566. The maximum atomic E-state index is 5.20. The zero-order valence-electron chi connectivity index (χ0n) is 14.9. The highest BCUT2D eigenvalue weighted by Gasteiger charge is 2.07. The van der Waals surface area contributed by atoms with E-state index in [1.165, 1.54) is 5.56 Å². The van der Waals surface area contributed by atoms with Crippen LogP contribution >= 0.6 is 0 Å². The Balaban J connectivity index is 2.05. The quantitative estimate of drug-likeness (QED) is 0.655. The number of benzene rings is 1. The summed E-state index contributed by atoms with van der Waals surface area (Å²) in [7, 11) is 3.71. The van der Waals surface area contributed by atoms with Crippen LogP contribution in [0.5, 0.6) is 5.75 Å². The topological polar surface area (TPSA) is 49.8 Å². The predicted octanol–water partition coefficient (Wildman–Crippen LogP) is 3.00. The number of guanidine groups is 1. The van der Waals surface area contributed by atoms with E-state index in [1.807, 2.05) is 44.3 Å². The van der Waals surface area contributed by atoms with Gasteiger partial charge in [-0.05, 0) is 43.7 Å². The number of nitrogens with zero attached hydrogens (tertiary/aromatic N) is 3. The molecule has 5 nitrogen and oxygen atoms in total. The molecule has 2 aromatic rings.